The number of hydrazone groups is 1. The van der Waals surface area contributed by atoms with Crippen LogP contribution in [0.25, 0.3) is 10.8 Å². The van der Waals surface area contributed by atoms with Crippen LogP contribution in [0.2, 0.25) is 0 Å². The summed E-state index contributed by atoms with van der Waals surface area (Å²) in [6.07, 6.45) is 1.60. The van der Waals surface area contributed by atoms with Crippen LogP contribution in [-0.4, -0.2) is 32.1 Å². The molecule has 1 heterocycles. The molecule has 0 bridgehead atoms. The van der Waals surface area contributed by atoms with E-state index in [2.05, 4.69) is 38.9 Å². The van der Waals surface area contributed by atoms with Crippen LogP contribution in [-0.2, 0) is 11.8 Å². The Kier molecular flexibility index (Phi) is 4.90. The standard InChI is InChI=1S/C17H17N5OS/c1-12(14-9-5-7-13-6-3-4-8-15(13)14)19-20-16(23)10-24-17-21-18-11-22(17)2/h3-9,11H,10H2,1-2H3,(H,20,23). The average Bonchev–Trinajstić information content (AvgIpc) is 3.02. The molecule has 0 saturated heterocycles. The Balaban J connectivity index is 1.67. The molecular weight excluding hydrogens is 322 g/mol. The van der Waals surface area contributed by atoms with Crippen LogP contribution in [0.4, 0.5) is 0 Å². The molecule has 0 fully saturated rings. The highest BCUT2D eigenvalue weighted by atomic mass is 32.2. The SMILES string of the molecule is CC(=NNC(=O)CSc1nncn1C)c1cccc2ccccc12. The molecule has 0 spiro atoms. The number of hydrogen-bond acceptors (Lipinski definition) is 5. The monoisotopic (exact) mass is 339 g/mol. The Morgan fingerprint density at radius 1 is 1.25 bits per heavy atom. The molecule has 0 aliphatic carbocycles. The Labute approximate surface area is 144 Å². The summed E-state index contributed by atoms with van der Waals surface area (Å²) in [5, 5.41) is 14.9. The van der Waals surface area contributed by atoms with E-state index in [0.717, 1.165) is 22.0 Å². The molecule has 0 atom stereocenters. The minimum absolute atomic E-state index is 0.178. The van der Waals surface area contributed by atoms with Gasteiger partial charge in [0.2, 0.25) is 0 Å². The second-order valence-corrected chi connectivity index (χ2v) is 6.21. The first-order chi connectivity index (χ1) is 11.6. The van der Waals surface area contributed by atoms with Crippen molar-refractivity contribution >= 4 is 34.2 Å². The zero-order valence-corrected chi connectivity index (χ0v) is 14.2. The van der Waals surface area contributed by atoms with Crippen molar-refractivity contribution in [3.05, 3.63) is 54.4 Å². The maximum Gasteiger partial charge on any atom is 0.250 e. The van der Waals surface area contributed by atoms with Gasteiger partial charge >= 0.3 is 0 Å². The van der Waals surface area contributed by atoms with Crippen molar-refractivity contribution < 1.29 is 4.79 Å². The van der Waals surface area contributed by atoms with Gasteiger partial charge in [-0.05, 0) is 17.7 Å². The van der Waals surface area contributed by atoms with Crippen LogP contribution in [0.1, 0.15) is 12.5 Å². The summed E-state index contributed by atoms with van der Waals surface area (Å²) in [6.45, 7) is 1.89. The van der Waals surface area contributed by atoms with Gasteiger partial charge < -0.3 is 4.57 Å². The number of amides is 1. The molecule has 3 aromatic rings. The molecule has 0 radical (unpaired) electrons. The van der Waals surface area contributed by atoms with Gasteiger partial charge in [-0.1, -0.05) is 54.2 Å². The quantitative estimate of drug-likeness (QED) is 0.441. The number of hydrogen-bond donors (Lipinski definition) is 1. The number of benzene rings is 2. The molecule has 24 heavy (non-hydrogen) atoms. The molecule has 1 amide bonds. The van der Waals surface area contributed by atoms with E-state index in [4.69, 9.17) is 0 Å². The van der Waals surface area contributed by atoms with Crippen LogP contribution < -0.4 is 5.43 Å². The predicted molar refractivity (Wildman–Crippen MR) is 96.0 cm³/mol. The lowest BCUT2D eigenvalue weighted by atomic mass is 10.0. The maximum absolute atomic E-state index is 12.0. The maximum atomic E-state index is 12.0. The molecular formula is C17H17N5OS. The van der Waals surface area contributed by atoms with Crippen LogP contribution in [0.3, 0.4) is 0 Å². The highest BCUT2D eigenvalue weighted by Crippen LogP contribution is 2.19. The van der Waals surface area contributed by atoms with Crippen molar-refractivity contribution in [3.63, 3.8) is 0 Å². The van der Waals surface area contributed by atoms with E-state index in [9.17, 15) is 4.79 Å². The van der Waals surface area contributed by atoms with E-state index in [0.29, 0.717) is 5.16 Å². The second-order valence-electron chi connectivity index (χ2n) is 5.27. The van der Waals surface area contributed by atoms with E-state index < -0.39 is 0 Å². The van der Waals surface area contributed by atoms with Gasteiger partial charge in [-0.15, -0.1) is 10.2 Å². The molecule has 7 heteroatoms. The highest BCUT2D eigenvalue weighted by Gasteiger charge is 2.07. The summed E-state index contributed by atoms with van der Waals surface area (Å²) in [5.41, 5.74) is 4.37. The lowest BCUT2D eigenvalue weighted by molar-refractivity contribution is -0.118. The molecule has 0 saturated carbocycles. The highest BCUT2D eigenvalue weighted by molar-refractivity contribution is 7.99. The van der Waals surface area contributed by atoms with Crippen molar-refractivity contribution in [2.75, 3.05) is 5.75 Å². The van der Waals surface area contributed by atoms with Crippen LogP contribution in [0.5, 0.6) is 0 Å². The smallest absolute Gasteiger partial charge is 0.250 e. The first kappa shape index (κ1) is 16.2. The fourth-order valence-electron chi connectivity index (χ4n) is 2.31. The molecule has 1 aromatic heterocycles. The van der Waals surface area contributed by atoms with Gasteiger partial charge in [-0.3, -0.25) is 4.79 Å². The Hall–Kier alpha value is -2.67. The van der Waals surface area contributed by atoms with Gasteiger partial charge in [0.1, 0.15) is 6.33 Å². The predicted octanol–water partition coefficient (Wildman–Crippen LogP) is 2.60. The van der Waals surface area contributed by atoms with Gasteiger partial charge in [0.25, 0.3) is 5.91 Å². The van der Waals surface area contributed by atoms with Crippen molar-refractivity contribution in [1.82, 2.24) is 20.2 Å². The zero-order valence-electron chi connectivity index (χ0n) is 13.4. The van der Waals surface area contributed by atoms with E-state index in [-0.39, 0.29) is 11.7 Å². The Morgan fingerprint density at radius 3 is 2.83 bits per heavy atom. The summed E-state index contributed by atoms with van der Waals surface area (Å²) >= 11 is 1.32. The number of aromatic nitrogens is 3. The lowest BCUT2D eigenvalue weighted by Crippen LogP contribution is -2.21. The third kappa shape index (κ3) is 3.62. The minimum atomic E-state index is -0.178. The molecule has 122 valence electrons. The first-order valence-electron chi connectivity index (χ1n) is 7.43. The molecule has 1 N–H and O–H groups in total. The van der Waals surface area contributed by atoms with E-state index in [1.165, 1.54) is 11.8 Å². The number of rotatable bonds is 5. The van der Waals surface area contributed by atoms with Crippen LogP contribution in [0, 0.1) is 0 Å². The lowest BCUT2D eigenvalue weighted by Gasteiger charge is -2.06. The first-order valence-corrected chi connectivity index (χ1v) is 8.42. The molecule has 0 aliphatic heterocycles. The normalized spacial score (nSPS) is 11.7. The molecule has 0 aliphatic rings. The summed E-state index contributed by atoms with van der Waals surface area (Å²) in [4.78, 5) is 12.0. The topological polar surface area (TPSA) is 72.2 Å². The Bertz CT molecular complexity index is 897. The Morgan fingerprint density at radius 2 is 2.04 bits per heavy atom. The third-order valence-electron chi connectivity index (χ3n) is 3.53. The average molecular weight is 339 g/mol. The summed E-state index contributed by atoms with van der Waals surface area (Å²) < 4.78 is 1.77. The second kappa shape index (κ2) is 7.27. The minimum Gasteiger partial charge on any atom is -0.312 e. The van der Waals surface area contributed by atoms with Crippen molar-refractivity contribution in [3.8, 4) is 0 Å². The third-order valence-corrected chi connectivity index (χ3v) is 4.56. The summed E-state index contributed by atoms with van der Waals surface area (Å²) in [5.74, 6) is 0.0568. The number of carbonyl (C=O) groups excluding carboxylic acids is 1. The summed E-state index contributed by atoms with van der Waals surface area (Å²) in [6, 6.07) is 14.2. The van der Waals surface area contributed by atoms with Crippen molar-refractivity contribution in [1.29, 1.82) is 0 Å². The van der Waals surface area contributed by atoms with E-state index in [1.54, 1.807) is 10.9 Å². The van der Waals surface area contributed by atoms with Gasteiger partial charge in [0.15, 0.2) is 5.16 Å². The van der Waals surface area contributed by atoms with Gasteiger partial charge in [0.05, 0.1) is 11.5 Å². The number of carbonyl (C=O) groups is 1. The molecule has 2 aromatic carbocycles. The fourth-order valence-corrected chi connectivity index (χ4v) is 2.99. The van der Waals surface area contributed by atoms with Crippen molar-refractivity contribution in [2.24, 2.45) is 12.1 Å². The largest absolute Gasteiger partial charge is 0.312 e. The number of nitrogens with zero attached hydrogens (tertiary/aromatic N) is 4. The van der Waals surface area contributed by atoms with Crippen LogP contribution >= 0.6 is 11.8 Å². The van der Waals surface area contributed by atoms with E-state index >= 15 is 0 Å². The zero-order chi connectivity index (χ0) is 16.9. The van der Waals surface area contributed by atoms with Crippen LogP contribution in [0.15, 0.2) is 59.0 Å². The molecule has 0 unspecified atom stereocenters. The number of nitrogens with one attached hydrogen (secondary N) is 1. The number of fused-ring (bicyclic) bond motifs is 1. The summed E-state index contributed by atoms with van der Waals surface area (Å²) in [7, 11) is 1.84. The van der Waals surface area contributed by atoms with Gasteiger partial charge in [-0.2, -0.15) is 5.10 Å². The van der Waals surface area contributed by atoms with Gasteiger partial charge in [0, 0.05) is 12.6 Å². The molecule has 6 nitrogen and oxygen atoms in total. The fraction of sp³-hybridized carbons (Fsp3) is 0.176. The number of aryl methyl sites for hydroxylation is 1. The molecule has 3 rings (SSSR count). The van der Waals surface area contributed by atoms with Gasteiger partial charge in [-0.25, -0.2) is 5.43 Å². The number of thioether (sulfide) groups is 1. The van der Waals surface area contributed by atoms with Crippen molar-refractivity contribution in [2.45, 2.75) is 12.1 Å². The van der Waals surface area contributed by atoms with E-state index in [1.807, 2.05) is 38.2 Å².